The number of nitrogens with zero attached hydrogens (tertiary/aromatic N) is 2. The first-order valence-corrected chi connectivity index (χ1v) is 5.72. The molecule has 0 saturated heterocycles. The Hall–Kier alpha value is -2.55. The average molecular weight is 236 g/mol. The molecule has 2 aromatic carbocycles. The lowest BCUT2D eigenvalue weighted by Crippen LogP contribution is -1.91. The third-order valence-corrected chi connectivity index (χ3v) is 3.00. The van der Waals surface area contributed by atoms with Crippen LogP contribution in [0.5, 0.6) is 0 Å². The lowest BCUT2D eigenvalue weighted by atomic mass is 10.1. The number of rotatable bonds is 2. The summed E-state index contributed by atoms with van der Waals surface area (Å²) in [6.45, 7) is 0. The molecule has 3 nitrogen and oxygen atoms in total. The molecule has 88 valence electrons. The van der Waals surface area contributed by atoms with Crippen LogP contribution in [0.15, 0.2) is 65.9 Å². The number of hydrogen-bond donors (Lipinski definition) is 1. The smallest absolute Gasteiger partial charge is 0.139 e. The van der Waals surface area contributed by atoms with Gasteiger partial charge in [0.2, 0.25) is 0 Å². The van der Waals surface area contributed by atoms with Crippen LogP contribution in [0.3, 0.4) is 0 Å². The van der Waals surface area contributed by atoms with Crippen molar-refractivity contribution in [3.63, 3.8) is 0 Å². The van der Waals surface area contributed by atoms with E-state index >= 15 is 0 Å². The van der Waals surface area contributed by atoms with E-state index in [-0.39, 0.29) is 0 Å². The molecule has 1 aromatic heterocycles. The molecule has 3 aromatic rings. The summed E-state index contributed by atoms with van der Waals surface area (Å²) in [5, 5.41) is 13.0. The first-order valence-electron chi connectivity index (χ1n) is 5.72. The highest BCUT2D eigenvalue weighted by Crippen LogP contribution is 2.29. The largest absolute Gasteiger partial charge is 0.410 e. The summed E-state index contributed by atoms with van der Waals surface area (Å²) in [4.78, 5) is 0. The number of hydrogen-bond acceptors (Lipinski definition) is 2. The van der Waals surface area contributed by atoms with Crippen molar-refractivity contribution in [3.8, 4) is 11.1 Å². The summed E-state index contributed by atoms with van der Waals surface area (Å²) in [5.41, 5.74) is 3.30. The second-order valence-corrected chi connectivity index (χ2v) is 4.06. The van der Waals surface area contributed by atoms with Crippen LogP contribution in [0.1, 0.15) is 0 Å². The number of aromatic nitrogens is 1. The van der Waals surface area contributed by atoms with Crippen molar-refractivity contribution in [1.29, 1.82) is 0 Å². The molecule has 0 amide bonds. The van der Waals surface area contributed by atoms with Crippen molar-refractivity contribution < 1.29 is 5.21 Å². The Morgan fingerprint density at radius 3 is 2.44 bits per heavy atom. The van der Waals surface area contributed by atoms with Crippen LogP contribution < -0.4 is 0 Å². The molecule has 1 N–H and O–H groups in total. The monoisotopic (exact) mass is 236 g/mol. The van der Waals surface area contributed by atoms with Crippen molar-refractivity contribution >= 4 is 17.2 Å². The first-order chi connectivity index (χ1) is 8.90. The highest BCUT2D eigenvalue weighted by atomic mass is 16.4. The molecule has 0 aliphatic heterocycles. The van der Waals surface area contributed by atoms with E-state index in [0.717, 1.165) is 22.0 Å². The molecular formula is C15H12N2O. The number of para-hydroxylation sites is 1. The van der Waals surface area contributed by atoms with Gasteiger partial charge in [-0.15, -0.1) is 0 Å². The normalized spacial score (nSPS) is 11.3. The topological polar surface area (TPSA) is 37.5 Å². The van der Waals surface area contributed by atoms with E-state index in [4.69, 9.17) is 5.21 Å². The number of fused-ring (bicyclic) bond motifs is 1. The Kier molecular flexibility index (Phi) is 2.57. The minimum Gasteiger partial charge on any atom is -0.410 e. The molecule has 3 heteroatoms. The third-order valence-electron chi connectivity index (χ3n) is 3.00. The van der Waals surface area contributed by atoms with E-state index in [1.165, 1.54) is 6.34 Å². The van der Waals surface area contributed by atoms with Gasteiger partial charge in [-0.05, 0) is 11.6 Å². The van der Waals surface area contributed by atoms with Crippen LogP contribution in [0.25, 0.3) is 22.0 Å². The van der Waals surface area contributed by atoms with E-state index in [9.17, 15) is 0 Å². The molecule has 1 heterocycles. The van der Waals surface area contributed by atoms with Gasteiger partial charge in [-0.25, -0.2) is 0 Å². The number of benzene rings is 2. The van der Waals surface area contributed by atoms with Gasteiger partial charge in [0.15, 0.2) is 0 Å². The van der Waals surface area contributed by atoms with E-state index in [0.29, 0.717) is 0 Å². The van der Waals surface area contributed by atoms with Crippen molar-refractivity contribution in [3.05, 3.63) is 60.8 Å². The fourth-order valence-corrected chi connectivity index (χ4v) is 2.20. The van der Waals surface area contributed by atoms with E-state index in [1.807, 2.05) is 47.2 Å². The molecule has 0 bridgehead atoms. The van der Waals surface area contributed by atoms with Gasteiger partial charge >= 0.3 is 0 Å². The zero-order valence-electron chi connectivity index (χ0n) is 9.69. The van der Waals surface area contributed by atoms with Gasteiger partial charge in [-0.3, -0.25) is 0 Å². The highest BCUT2D eigenvalue weighted by Gasteiger charge is 2.08. The highest BCUT2D eigenvalue weighted by molar-refractivity contribution is 5.99. The zero-order valence-corrected chi connectivity index (χ0v) is 9.69. The Labute approximate surface area is 105 Å². The molecule has 0 unspecified atom stereocenters. The van der Waals surface area contributed by atoms with Crippen LogP contribution in [0.4, 0.5) is 0 Å². The van der Waals surface area contributed by atoms with E-state index in [1.54, 1.807) is 0 Å². The standard InChI is InChI=1S/C15H12N2O/c18-16-11-17-10-14(12-6-2-1-3-7-12)13-8-4-5-9-15(13)17/h1-11,18H. The van der Waals surface area contributed by atoms with Crippen molar-refractivity contribution in [2.45, 2.75) is 0 Å². The minimum atomic E-state index is 1.02. The minimum absolute atomic E-state index is 1.02. The fourth-order valence-electron chi connectivity index (χ4n) is 2.20. The molecule has 0 aliphatic carbocycles. The summed E-state index contributed by atoms with van der Waals surface area (Å²) < 4.78 is 1.82. The van der Waals surface area contributed by atoms with Crippen molar-refractivity contribution in [1.82, 2.24) is 4.57 Å². The molecule has 0 saturated carbocycles. The lowest BCUT2D eigenvalue weighted by molar-refractivity contribution is 0.320. The van der Waals surface area contributed by atoms with Crippen LogP contribution in [-0.4, -0.2) is 16.1 Å². The van der Waals surface area contributed by atoms with Gasteiger partial charge in [0.25, 0.3) is 0 Å². The zero-order chi connectivity index (χ0) is 12.4. The van der Waals surface area contributed by atoms with Gasteiger partial charge in [-0.2, -0.15) is 0 Å². The molecule has 0 fully saturated rings. The lowest BCUT2D eigenvalue weighted by Gasteiger charge is -1.97. The van der Waals surface area contributed by atoms with Gasteiger partial charge in [0.05, 0.1) is 5.52 Å². The summed E-state index contributed by atoms with van der Waals surface area (Å²) >= 11 is 0. The molecule has 0 spiro atoms. The summed E-state index contributed by atoms with van der Waals surface area (Å²) in [6.07, 6.45) is 3.37. The quantitative estimate of drug-likeness (QED) is 0.314. The molecule has 18 heavy (non-hydrogen) atoms. The van der Waals surface area contributed by atoms with Gasteiger partial charge in [-0.1, -0.05) is 53.7 Å². The van der Waals surface area contributed by atoms with Crippen LogP contribution in [0.2, 0.25) is 0 Å². The molecular weight excluding hydrogens is 224 g/mol. The Morgan fingerprint density at radius 1 is 0.944 bits per heavy atom. The van der Waals surface area contributed by atoms with Gasteiger partial charge in [0.1, 0.15) is 6.34 Å². The van der Waals surface area contributed by atoms with Crippen molar-refractivity contribution in [2.24, 2.45) is 5.16 Å². The maximum Gasteiger partial charge on any atom is 0.139 e. The van der Waals surface area contributed by atoms with Crippen LogP contribution in [0, 0.1) is 0 Å². The Bertz CT molecular complexity index is 699. The second-order valence-electron chi connectivity index (χ2n) is 4.06. The van der Waals surface area contributed by atoms with Gasteiger partial charge in [0, 0.05) is 17.1 Å². The van der Waals surface area contributed by atoms with Crippen molar-refractivity contribution in [2.75, 3.05) is 0 Å². The average Bonchev–Trinajstić information content (AvgIpc) is 2.80. The molecule has 0 atom stereocenters. The predicted octanol–water partition coefficient (Wildman–Crippen LogP) is 3.57. The first kappa shape index (κ1) is 10.6. The summed E-state index contributed by atoms with van der Waals surface area (Å²) in [5.74, 6) is 0. The van der Waals surface area contributed by atoms with Crippen LogP contribution >= 0.6 is 0 Å². The summed E-state index contributed by atoms with van der Waals surface area (Å²) in [7, 11) is 0. The maximum absolute atomic E-state index is 8.71. The molecule has 3 rings (SSSR count). The third kappa shape index (κ3) is 1.66. The van der Waals surface area contributed by atoms with Crippen LogP contribution in [-0.2, 0) is 0 Å². The maximum atomic E-state index is 8.71. The van der Waals surface area contributed by atoms with E-state index < -0.39 is 0 Å². The second kappa shape index (κ2) is 4.37. The molecule has 0 radical (unpaired) electrons. The summed E-state index contributed by atoms with van der Waals surface area (Å²) in [6, 6.07) is 18.2. The Balaban J connectivity index is 2.30. The van der Waals surface area contributed by atoms with E-state index in [2.05, 4.69) is 23.4 Å². The fraction of sp³-hybridized carbons (Fsp3) is 0. The SMILES string of the molecule is ON=Cn1cc(-c2ccccc2)c2ccccc21. The van der Waals surface area contributed by atoms with Gasteiger partial charge < -0.3 is 9.77 Å². The Morgan fingerprint density at radius 2 is 1.67 bits per heavy atom. The molecule has 0 aliphatic rings. The number of oxime groups is 1. The predicted molar refractivity (Wildman–Crippen MR) is 73.1 cm³/mol.